The molecule has 1 aromatic carbocycles. The number of aliphatic hydroxyl groups excluding tert-OH is 1. The molecule has 1 aromatic heterocycles. The quantitative estimate of drug-likeness (QED) is 0.453. The number of thiophene rings is 1. The molecule has 0 radical (unpaired) electrons. The van der Waals surface area contributed by atoms with Crippen molar-refractivity contribution >= 4 is 39.2 Å². The summed E-state index contributed by atoms with van der Waals surface area (Å²) in [6.45, 7) is 1.99. The Morgan fingerprint density at radius 1 is 1.44 bits per heavy atom. The number of rotatable bonds is 5. The van der Waals surface area contributed by atoms with Crippen LogP contribution in [0.4, 0.5) is 16.4 Å². The fourth-order valence-electron chi connectivity index (χ4n) is 3.47. The smallest absolute Gasteiger partial charge is 0.304 e. The molecule has 2 heterocycles. The molecule has 162 valence electrons. The van der Waals surface area contributed by atoms with Gasteiger partial charge in [0.2, 0.25) is 0 Å². The summed E-state index contributed by atoms with van der Waals surface area (Å²) in [7, 11) is 0. The molecular weight excluding hydrogens is 436 g/mol. The van der Waals surface area contributed by atoms with Gasteiger partial charge >= 0.3 is 5.95 Å². The fraction of sp³-hybridized carbons (Fsp3) is 0.143. The molecule has 11 heteroatoms. The van der Waals surface area contributed by atoms with E-state index in [1.807, 2.05) is 6.07 Å². The number of nitrogens with zero attached hydrogens (tertiary/aromatic N) is 2. The number of allylic oxidation sites excluding steroid dienone is 3. The van der Waals surface area contributed by atoms with Crippen LogP contribution >= 0.6 is 11.3 Å². The van der Waals surface area contributed by atoms with Gasteiger partial charge in [0.05, 0.1) is 27.7 Å². The molecule has 1 amide bonds. The topological polar surface area (TPSA) is 161 Å². The highest BCUT2D eigenvalue weighted by atomic mass is 32.1. The predicted molar refractivity (Wildman–Crippen MR) is 116 cm³/mol. The Balaban J connectivity index is 1.75. The minimum absolute atomic E-state index is 0.0922. The highest BCUT2D eigenvalue weighted by Crippen LogP contribution is 2.47. The SMILES string of the molecule is CCOC1=C2C(=CCc3c2sc(N)c3C(=O)Nc2ccc([N+](=O)[O-])cc2)OC(O)=C1C#N. The minimum atomic E-state index is -0.546. The van der Waals surface area contributed by atoms with Crippen LogP contribution in [0.2, 0.25) is 0 Å². The van der Waals surface area contributed by atoms with Crippen LogP contribution in [0.15, 0.2) is 53.4 Å². The molecule has 4 rings (SSSR count). The van der Waals surface area contributed by atoms with Crippen LogP contribution in [0.25, 0.3) is 5.57 Å². The van der Waals surface area contributed by atoms with Gasteiger partial charge < -0.3 is 25.6 Å². The van der Waals surface area contributed by atoms with Crippen LogP contribution in [0.1, 0.15) is 27.7 Å². The predicted octanol–water partition coefficient (Wildman–Crippen LogP) is 4.00. The number of benzene rings is 1. The summed E-state index contributed by atoms with van der Waals surface area (Å²) >= 11 is 1.15. The molecular formula is C21H16N4O6S. The van der Waals surface area contributed by atoms with E-state index in [1.54, 1.807) is 13.0 Å². The van der Waals surface area contributed by atoms with Crippen molar-refractivity contribution in [1.82, 2.24) is 0 Å². The second-order valence-corrected chi connectivity index (χ2v) is 7.76. The van der Waals surface area contributed by atoms with Gasteiger partial charge in [-0.3, -0.25) is 14.9 Å². The Bertz CT molecular complexity index is 1280. The number of anilines is 2. The van der Waals surface area contributed by atoms with E-state index in [0.717, 1.165) is 11.3 Å². The lowest BCUT2D eigenvalue weighted by Gasteiger charge is -2.25. The van der Waals surface area contributed by atoms with Gasteiger partial charge in [-0.25, -0.2) is 0 Å². The monoisotopic (exact) mass is 452 g/mol. The maximum absolute atomic E-state index is 13.0. The van der Waals surface area contributed by atoms with E-state index in [4.69, 9.17) is 15.2 Å². The number of non-ortho nitro benzene ring substituents is 1. The van der Waals surface area contributed by atoms with Gasteiger partial charge in [-0.1, -0.05) is 0 Å². The van der Waals surface area contributed by atoms with Crippen molar-refractivity contribution in [1.29, 1.82) is 5.26 Å². The summed E-state index contributed by atoms with van der Waals surface area (Å²) in [6.07, 6.45) is 1.98. The lowest BCUT2D eigenvalue weighted by molar-refractivity contribution is -0.384. The number of nitrogens with one attached hydrogen (secondary N) is 1. The number of amides is 1. The number of nitrogen functional groups attached to an aromatic ring is 1. The molecule has 32 heavy (non-hydrogen) atoms. The zero-order valence-electron chi connectivity index (χ0n) is 16.7. The van der Waals surface area contributed by atoms with Crippen LogP contribution in [0, 0.1) is 21.4 Å². The van der Waals surface area contributed by atoms with Crippen molar-refractivity contribution in [2.75, 3.05) is 17.7 Å². The molecule has 10 nitrogen and oxygen atoms in total. The first kappa shape index (κ1) is 21.0. The van der Waals surface area contributed by atoms with Gasteiger partial charge in [0.15, 0.2) is 11.3 Å². The first-order valence-corrected chi connectivity index (χ1v) is 10.2. The number of hydrogen-bond donors (Lipinski definition) is 3. The number of nitriles is 1. The Hall–Kier alpha value is -4.30. The van der Waals surface area contributed by atoms with Gasteiger partial charge in [0.1, 0.15) is 11.8 Å². The Morgan fingerprint density at radius 2 is 2.16 bits per heavy atom. The highest BCUT2D eigenvalue weighted by molar-refractivity contribution is 7.17. The summed E-state index contributed by atoms with van der Waals surface area (Å²) in [5, 5.41) is 33.3. The average Bonchev–Trinajstić information content (AvgIpc) is 3.10. The van der Waals surface area contributed by atoms with E-state index in [1.165, 1.54) is 24.3 Å². The van der Waals surface area contributed by atoms with Crippen molar-refractivity contribution in [3.63, 3.8) is 0 Å². The molecule has 0 saturated heterocycles. The summed E-state index contributed by atoms with van der Waals surface area (Å²) in [5.74, 6) is -0.537. The second kappa shape index (κ2) is 8.09. The molecule has 4 N–H and O–H groups in total. The number of nitro groups is 1. The van der Waals surface area contributed by atoms with Crippen LogP contribution in [-0.2, 0) is 15.9 Å². The van der Waals surface area contributed by atoms with E-state index in [0.29, 0.717) is 33.9 Å². The van der Waals surface area contributed by atoms with Gasteiger partial charge in [-0.2, -0.15) is 5.26 Å². The number of carbonyl (C=O) groups is 1. The number of carbonyl (C=O) groups excluding carboxylic acids is 1. The zero-order chi connectivity index (χ0) is 23.0. The molecule has 0 atom stereocenters. The molecule has 2 aliphatic rings. The minimum Gasteiger partial charge on any atom is -0.491 e. The van der Waals surface area contributed by atoms with Gasteiger partial charge in [0.25, 0.3) is 11.6 Å². The van der Waals surface area contributed by atoms with E-state index >= 15 is 0 Å². The summed E-state index contributed by atoms with van der Waals surface area (Å²) in [4.78, 5) is 23.9. The van der Waals surface area contributed by atoms with Crippen LogP contribution in [-0.4, -0.2) is 22.5 Å². The van der Waals surface area contributed by atoms with Crippen LogP contribution < -0.4 is 11.1 Å². The van der Waals surface area contributed by atoms with Gasteiger partial charge in [-0.05, 0) is 37.1 Å². The normalized spacial score (nSPS) is 14.6. The number of ether oxygens (including phenoxy) is 2. The van der Waals surface area contributed by atoms with Crippen molar-refractivity contribution in [2.24, 2.45) is 0 Å². The third-order valence-corrected chi connectivity index (χ3v) is 5.92. The van der Waals surface area contributed by atoms with E-state index in [2.05, 4.69) is 5.32 Å². The highest BCUT2D eigenvalue weighted by Gasteiger charge is 2.36. The first-order valence-electron chi connectivity index (χ1n) is 9.42. The number of aliphatic hydroxyl groups is 1. The van der Waals surface area contributed by atoms with Crippen molar-refractivity contribution in [3.05, 3.63) is 79.5 Å². The van der Waals surface area contributed by atoms with Crippen molar-refractivity contribution < 1.29 is 24.3 Å². The van der Waals surface area contributed by atoms with Crippen molar-refractivity contribution in [3.8, 4) is 6.07 Å². The van der Waals surface area contributed by atoms with Crippen molar-refractivity contribution in [2.45, 2.75) is 13.3 Å². The standard InChI is InChI=1S/C21H16N4O6S/c1-2-30-17-13(9-22)21(27)31-14-8-7-12-15(19(23)32-18(12)16(14)17)20(26)24-10-3-5-11(6-4-10)25(28)29/h3-6,8,27H,2,7,23H2,1H3,(H,24,26). The van der Waals surface area contributed by atoms with Gasteiger partial charge in [0, 0.05) is 22.7 Å². The van der Waals surface area contributed by atoms with E-state index in [9.17, 15) is 25.3 Å². The average molecular weight is 452 g/mol. The second-order valence-electron chi connectivity index (χ2n) is 6.71. The summed E-state index contributed by atoms with van der Waals surface area (Å²) in [6, 6.07) is 7.32. The van der Waals surface area contributed by atoms with E-state index in [-0.39, 0.29) is 34.2 Å². The Kier molecular flexibility index (Phi) is 5.29. The largest absolute Gasteiger partial charge is 0.491 e. The molecule has 1 aliphatic carbocycles. The summed E-state index contributed by atoms with van der Waals surface area (Å²) in [5.41, 5.74) is 7.68. The maximum Gasteiger partial charge on any atom is 0.304 e. The van der Waals surface area contributed by atoms with Gasteiger partial charge in [-0.15, -0.1) is 11.3 Å². The maximum atomic E-state index is 13.0. The third-order valence-electron chi connectivity index (χ3n) is 4.84. The lowest BCUT2D eigenvalue weighted by atomic mass is 9.92. The molecule has 1 aliphatic heterocycles. The molecule has 0 saturated carbocycles. The Labute approximate surface area is 185 Å². The molecule has 2 aromatic rings. The molecule has 0 bridgehead atoms. The van der Waals surface area contributed by atoms with E-state index < -0.39 is 16.8 Å². The number of nitrogens with two attached hydrogens (primary N) is 1. The fourth-order valence-corrected chi connectivity index (χ4v) is 4.61. The summed E-state index contributed by atoms with van der Waals surface area (Å²) < 4.78 is 11.1. The zero-order valence-corrected chi connectivity index (χ0v) is 17.5. The molecule has 0 fully saturated rings. The number of nitro benzene ring substituents is 1. The number of hydrogen-bond acceptors (Lipinski definition) is 9. The third kappa shape index (κ3) is 3.42. The number of fused-ring (bicyclic) bond motifs is 3. The van der Waals surface area contributed by atoms with Crippen LogP contribution in [0.5, 0.6) is 0 Å². The first-order chi connectivity index (χ1) is 15.3. The molecule has 0 spiro atoms. The Morgan fingerprint density at radius 3 is 2.78 bits per heavy atom. The van der Waals surface area contributed by atoms with Crippen LogP contribution in [0.3, 0.4) is 0 Å². The lowest BCUT2D eigenvalue weighted by Crippen LogP contribution is -2.18. The molecule has 0 unspecified atom stereocenters.